The van der Waals surface area contributed by atoms with E-state index in [1.54, 1.807) is 0 Å². The maximum absolute atomic E-state index is 10.7. The second-order valence-corrected chi connectivity index (χ2v) is 5.90. The number of nitro groups is 1. The number of anilines is 1. The molecule has 6 nitrogen and oxygen atoms in total. The summed E-state index contributed by atoms with van der Waals surface area (Å²) in [5.74, 6) is 0.603. The van der Waals surface area contributed by atoms with Crippen molar-refractivity contribution in [2.45, 2.75) is 31.3 Å². The average molecular weight is 330 g/mol. The first-order chi connectivity index (χ1) is 8.91. The Morgan fingerprint density at radius 2 is 2.21 bits per heavy atom. The van der Waals surface area contributed by atoms with Crippen molar-refractivity contribution in [3.8, 4) is 0 Å². The lowest BCUT2D eigenvalue weighted by molar-refractivity contribution is -0.385. The van der Waals surface area contributed by atoms with Crippen LogP contribution in [0.15, 0.2) is 16.7 Å². The summed E-state index contributed by atoms with van der Waals surface area (Å²) in [4.78, 5) is 16.1. The average Bonchev–Trinajstić information content (AvgIpc) is 2.75. The lowest BCUT2D eigenvalue weighted by Gasteiger charge is -2.29. The molecule has 0 radical (unpaired) electrons. The fourth-order valence-electron chi connectivity index (χ4n) is 2.51. The molecule has 1 N–H and O–H groups in total. The third-order valence-corrected chi connectivity index (χ3v) is 4.03. The van der Waals surface area contributed by atoms with Crippen LogP contribution in [0.1, 0.15) is 25.7 Å². The molecule has 0 spiro atoms. The van der Waals surface area contributed by atoms with Crippen molar-refractivity contribution in [3.63, 3.8) is 0 Å². The Balaban J connectivity index is 2.15. The van der Waals surface area contributed by atoms with Gasteiger partial charge in [-0.05, 0) is 28.8 Å². The maximum Gasteiger partial charge on any atom is 0.288 e. The molecule has 0 aliphatic heterocycles. The zero-order valence-electron chi connectivity index (χ0n) is 10.7. The summed E-state index contributed by atoms with van der Waals surface area (Å²) in [5, 5.41) is 21.0. The standard InChI is InChI=1S/C12H16BrN3O3/c1-15(8-12(17)4-2-3-5-12)11-10(13)6-9(7-14-11)16(18)19/h6-7,17H,2-5,8H2,1H3. The monoisotopic (exact) mass is 329 g/mol. The van der Waals surface area contributed by atoms with E-state index in [0.29, 0.717) is 16.8 Å². The minimum absolute atomic E-state index is 0.0522. The first-order valence-electron chi connectivity index (χ1n) is 6.15. The smallest absolute Gasteiger partial charge is 0.288 e. The van der Waals surface area contributed by atoms with Gasteiger partial charge >= 0.3 is 0 Å². The van der Waals surface area contributed by atoms with Crippen LogP contribution in [0, 0.1) is 10.1 Å². The van der Waals surface area contributed by atoms with Crippen LogP contribution in [-0.4, -0.2) is 34.2 Å². The molecule has 1 aromatic heterocycles. The topological polar surface area (TPSA) is 79.5 Å². The SMILES string of the molecule is CN(CC1(O)CCCC1)c1ncc([N+](=O)[O-])cc1Br. The Labute approximate surface area is 119 Å². The highest BCUT2D eigenvalue weighted by molar-refractivity contribution is 9.10. The first kappa shape index (κ1) is 14.2. The van der Waals surface area contributed by atoms with Gasteiger partial charge in [-0.2, -0.15) is 0 Å². The number of likely N-dealkylation sites (N-methyl/N-ethyl adjacent to an activating group) is 1. The van der Waals surface area contributed by atoms with Gasteiger partial charge in [-0.1, -0.05) is 12.8 Å². The van der Waals surface area contributed by atoms with E-state index in [1.165, 1.54) is 12.3 Å². The number of rotatable bonds is 4. The van der Waals surface area contributed by atoms with Crippen LogP contribution in [0.25, 0.3) is 0 Å². The summed E-state index contributed by atoms with van der Waals surface area (Å²) in [7, 11) is 1.83. The van der Waals surface area contributed by atoms with E-state index >= 15 is 0 Å². The minimum atomic E-state index is -0.669. The number of nitrogens with zero attached hydrogens (tertiary/aromatic N) is 3. The molecule has 0 saturated heterocycles. The van der Waals surface area contributed by atoms with Crippen molar-refractivity contribution >= 4 is 27.4 Å². The number of halogens is 1. The molecule has 1 saturated carbocycles. The second kappa shape index (κ2) is 5.42. The highest BCUT2D eigenvalue weighted by atomic mass is 79.9. The van der Waals surface area contributed by atoms with E-state index in [1.807, 2.05) is 11.9 Å². The Morgan fingerprint density at radius 1 is 1.58 bits per heavy atom. The van der Waals surface area contributed by atoms with Crippen molar-refractivity contribution < 1.29 is 10.0 Å². The van der Waals surface area contributed by atoms with Crippen LogP contribution >= 0.6 is 15.9 Å². The Kier molecular flexibility index (Phi) is 4.05. The Bertz CT molecular complexity index is 489. The molecular formula is C12H16BrN3O3. The number of aromatic nitrogens is 1. The lowest BCUT2D eigenvalue weighted by Crippen LogP contribution is -2.39. The molecule has 1 aliphatic rings. The number of hydrogen-bond donors (Lipinski definition) is 1. The zero-order valence-corrected chi connectivity index (χ0v) is 12.3. The molecule has 19 heavy (non-hydrogen) atoms. The van der Waals surface area contributed by atoms with E-state index in [2.05, 4.69) is 20.9 Å². The number of aliphatic hydroxyl groups is 1. The van der Waals surface area contributed by atoms with E-state index in [-0.39, 0.29) is 5.69 Å². The van der Waals surface area contributed by atoms with E-state index in [4.69, 9.17) is 0 Å². The van der Waals surface area contributed by atoms with Gasteiger partial charge in [0.2, 0.25) is 0 Å². The zero-order chi connectivity index (χ0) is 14.0. The molecule has 0 amide bonds. The Morgan fingerprint density at radius 3 is 2.74 bits per heavy atom. The number of pyridine rings is 1. The van der Waals surface area contributed by atoms with E-state index in [9.17, 15) is 15.2 Å². The van der Waals surface area contributed by atoms with Crippen LogP contribution in [0.3, 0.4) is 0 Å². The second-order valence-electron chi connectivity index (χ2n) is 5.04. The summed E-state index contributed by atoms with van der Waals surface area (Å²) < 4.78 is 0.561. The summed E-state index contributed by atoms with van der Waals surface area (Å²) in [5.41, 5.74) is -0.721. The van der Waals surface area contributed by atoms with Crippen LogP contribution < -0.4 is 4.90 Å². The summed E-state index contributed by atoms with van der Waals surface area (Å²) >= 11 is 3.29. The molecule has 2 rings (SSSR count). The van der Waals surface area contributed by atoms with Gasteiger partial charge < -0.3 is 10.0 Å². The molecule has 7 heteroatoms. The van der Waals surface area contributed by atoms with Gasteiger partial charge in [-0.15, -0.1) is 0 Å². The molecule has 1 aromatic rings. The van der Waals surface area contributed by atoms with Crippen molar-refractivity contribution in [2.75, 3.05) is 18.5 Å². The van der Waals surface area contributed by atoms with Crippen LogP contribution in [0.4, 0.5) is 11.5 Å². The van der Waals surface area contributed by atoms with Gasteiger partial charge in [0.15, 0.2) is 0 Å². The highest BCUT2D eigenvalue weighted by Crippen LogP contribution is 2.33. The fourth-order valence-corrected chi connectivity index (χ4v) is 3.15. The van der Waals surface area contributed by atoms with Gasteiger partial charge in [-0.3, -0.25) is 10.1 Å². The van der Waals surface area contributed by atoms with Crippen LogP contribution in [-0.2, 0) is 0 Å². The highest BCUT2D eigenvalue weighted by Gasteiger charge is 2.33. The van der Waals surface area contributed by atoms with E-state index in [0.717, 1.165) is 25.7 Å². The van der Waals surface area contributed by atoms with Gasteiger partial charge in [0.25, 0.3) is 5.69 Å². The normalized spacial score (nSPS) is 17.4. The molecule has 0 bridgehead atoms. The maximum atomic E-state index is 10.7. The minimum Gasteiger partial charge on any atom is -0.388 e. The molecule has 1 fully saturated rings. The molecular weight excluding hydrogens is 314 g/mol. The molecule has 0 aromatic carbocycles. The third-order valence-electron chi connectivity index (χ3n) is 3.45. The fraction of sp³-hybridized carbons (Fsp3) is 0.583. The van der Waals surface area contributed by atoms with Crippen molar-refractivity contribution in [2.24, 2.45) is 0 Å². The molecule has 104 valence electrons. The van der Waals surface area contributed by atoms with Gasteiger partial charge in [0.05, 0.1) is 15.0 Å². The predicted molar refractivity (Wildman–Crippen MR) is 75.3 cm³/mol. The molecule has 0 unspecified atom stereocenters. The van der Waals surface area contributed by atoms with Crippen molar-refractivity contribution in [1.29, 1.82) is 0 Å². The Hall–Kier alpha value is -1.21. The summed E-state index contributed by atoms with van der Waals surface area (Å²) in [6, 6.07) is 1.43. The van der Waals surface area contributed by atoms with Gasteiger partial charge in [-0.25, -0.2) is 4.98 Å². The van der Waals surface area contributed by atoms with Gasteiger partial charge in [0.1, 0.15) is 12.0 Å². The third kappa shape index (κ3) is 3.22. The number of hydrogen-bond acceptors (Lipinski definition) is 5. The molecule has 0 atom stereocenters. The lowest BCUT2D eigenvalue weighted by atomic mass is 10.0. The van der Waals surface area contributed by atoms with E-state index < -0.39 is 10.5 Å². The largest absolute Gasteiger partial charge is 0.388 e. The summed E-state index contributed by atoms with van der Waals surface area (Å²) in [6.07, 6.45) is 4.90. The molecule has 1 aliphatic carbocycles. The van der Waals surface area contributed by atoms with Gasteiger partial charge in [0, 0.05) is 19.7 Å². The quantitative estimate of drug-likeness (QED) is 0.678. The van der Waals surface area contributed by atoms with Crippen molar-refractivity contribution in [3.05, 3.63) is 26.9 Å². The predicted octanol–water partition coefficient (Wildman–Crippen LogP) is 2.49. The van der Waals surface area contributed by atoms with Crippen LogP contribution in [0.2, 0.25) is 0 Å². The summed E-state index contributed by atoms with van der Waals surface area (Å²) in [6.45, 7) is 0.483. The van der Waals surface area contributed by atoms with Crippen molar-refractivity contribution in [1.82, 2.24) is 4.98 Å². The molecule has 1 heterocycles. The first-order valence-corrected chi connectivity index (χ1v) is 6.94. The van der Waals surface area contributed by atoms with Crippen LogP contribution in [0.5, 0.6) is 0 Å².